The van der Waals surface area contributed by atoms with Crippen molar-refractivity contribution in [1.82, 2.24) is 4.98 Å². The van der Waals surface area contributed by atoms with E-state index >= 15 is 0 Å². The van der Waals surface area contributed by atoms with Gasteiger partial charge >= 0.3 is 12.1 Å². The van der Waals surface area contributed by atoms with Gasteiger partial charge in [-0.2, -0.15) is 0 Å². The quantitative estimate of drug-likeness (QED) is 0.228. The molecule has 0 spiro atoms. The van der Waals surface area contributed by atoms with Crippen LogP contribution in [0.3, 0.4) is 0 Å². The Morgan fingerprint density at radius 1 is 1.09 bits per heavy atom. The monoisotopic (exact) mass is 475 g/mol. The SMILES string of the molecule is C=CC(=O)OCCc1ccc2c(OC(=O)OC(C)(C)C)c(-c3ccc4ccccc4n3)sc2c1. The predicted molar refractivity (Wildman–Crippen MR) is 134 cm³/mol. The van der Waals surface area contributed by atoms with Gasteiger partial charge in [-0.05, 0) is 50.6 Å². The fourth-order valence-electron chi connectivity index (χ4n) is 3.42. The van der Waals surface area contributed by atoms with Gasteiger partial charge in [0.05, 0.1) is 22.7 Å². The molecular formula is C27H25NO5S. The Balaban J connectivity index is 1.73. The van der Waals surface area contributed by atoms with E-state index in [0.29, 0.717) is 17.9 Å². The maximum Gasteiger partial charge on any atom is 0.514 e. The fraction of sp³-hybridized carbons (Fsp3) is 0.222. The fourth-order valence-corrected chi connectivity index (χ4v) is 4.58. The number of para-hydroxylation sites is 1. The van der Waals surface area contributed by atoms with Crippen LogP contribution in [0.4, 0.5) is 4.79 Å². The Hall–Kier alpha value is -3.71. The highest BCUT2D eigenvalue weighted by Crippen LogP contribution is 2.44. The zero-order chi connectivity index (χ0) is 24.3. The maximum atomic E-state index is 12.5. The predicted octanol–water partition coefficient (Wildman–Crippen LogP) is 6.70. The number of nitrogens with zero attached hydrogens (tertiary/aromatic N) is 1. The van der Waals surface area contributed by atoms with E-state index in [1.807, 2.05) is 54.6 Å². The van der Waals surface area contributed by atoms with E-state index in [0.717, 1.165) is 37.5 Å². The van der Waals surface area contributed by atoms with Gasteiger partial charge in [-0.1, -0.05) is 36.9 Å². The number of esters is 1. The lowest BCUT2D eigenvalue weighted by molar-refractivity contribution is -0.137. The van der Waals surface area contributed by atoms with Crippen molar-refractivity contribution >= 4 is 44.5 Å². The minimum Gasteiger partial charge on any atom is -0.462 e. The van der Waals surface area contributed by atoms with Crippen LogP contribution in [-0.4, -0.2) is 29.3 Å². The molecule has 174 valence electrons. The smallest absolute Gasteiger partial charge is 0.462 e. The number of fused-ring (bicyclic) bond motifs is 2. The first-order valence-electron chi connectivity index (χ1n) is 10.8. The molecule has 34 heavy (non-hydrogen) atoms. The summed E-state index contributed by atoms with van der Waals surface area (Å²) in [6, 6.07) is 17.6. The normalized spacial score (nSPS) is 11.4. The molecule has 0 bridgehead atoms. The van der Waals surface area contributed by atoms with Crippen LogP contribution >= 0.6 is 11.3 Å². The van der Waals surface area contributed by atoms with Crippen molar-refractivity contribution in [3.8, 4) is 16.3 Å². The second-order valence-electron chi connectivity index (χ2n) is 8.67. The Kier molecular flexibility index (Phi) is 6.65. The zero-order valence-corrected chi connectivity index (χ0v) is 20.1. The third-order valence-electron chi connectivity index (χ3n) is 4.92. The van der Waals surface area contributed by atoms with Crippen LogP contribution in [-0.2, 0) is 20.7 Å². The van der Waals surface area contributed by atoms with Crippen LogP contribution in [0.5, 0.6) is 5.75 Å². The highest BCUT2D eigenvalue weighted by molar-refractivity contribution is 7.22. The van der Waals surface area contributed by atoms with Gasteiger partial charge in [0, 0.05) is 28.0 Å². The first-order chi connectivity index (χ1) is 16.2. The summed E-state index contributed by atoms with van der Waals surface area (Å²) in [5, 5.41) is 1.81. The van der Waals surface area contributed by atoms with Gasteiger partial charge in [-0.15, -0.1) is 11.3 Å². The topological polar surface area (TPSA) is 74.7 Å². The Labute approximate surface area is 201 Å². The van der Waals surface area contributed by atoms with Crippen LogP contribution in [0.1, 0.15) is 26.3 Å². The van der Waals surface area contributed by atoms with E-state index in [1.54, 1.807) is 20.8 Å². The van der Waals surface area contributed by atoms with Gasteiger partial charge in [-0.25, -0.2) is 14.6 Å². The Morgan fingerprint density at radius 2 is 1.88 bits per heavy atom. The number of pyridine rings is 1. The minimum atomic E-state index is -0.769. The molecule has 0 unspecified atom stereocenters. The summed E-state index contributed by atoms with van der Waals surface area (Å²) in [6.07, 6.45) is 0.930. The van der Waals surface area contributed by atoms with Gasteiger partial charge in [0.25, 0.3) is 0 Å². The van der Waals surface area contributed by atoms with Crippen molar-refractivity contribution in [2.45, 2.75) is 32.8 Å². The minimum absolute atomic E-state index is 0.252. The lowest BCUT2D eigenvalue weighted by Gasteiger charge is -2.18. The number of thiophene rings is 1. The Bertz CT molecular complexity index is 1380. The van der Waals surface area contributed by atoms with Crippen LogP contribution in [0.25, 0.3) is 31.6 Å². The first kappa shape index (κ1) is 23.4. The summed E-state index contributed by atoms with van der Waals surface area (Å²) in [6.45, 7) is 9.02. The van der Waals surface area contributed by atoms with Gasteiger partial charge in [0.15, 0.2) is 5.75 Å². The average molecular weight is 476 g/mol. The molecule has 4 rings (SSSR count). The molecular weight excluding hydrogens is 450 g/mol. The molecule has 0 aliphatic heterocycles. The third kappa shape index (κ3) is 5.43. The maximum absolute atomic E-state index is 12.5. The van der Waals surface area contributed by atoms with E-state index in [-0.39, 0.29) is 6.61 Å². The van der Waals surface area contributed by atoms with Crippen LogP contribution in [0.2, 0.25) is 0 Å². The molecule has 0 saturated heterocycles. The molecule has 0 aliphatic rings. The van der Waals surface area contributed by atoms with Crippen LogP contribution in [0, 0.1) is 0 Å². The standard InChI is InChI=1S/C27H25NO5S/c1-5-23(29)31-15-14-17-10-12-19-22(16-17)34-25(24(19)32-26(30)33-27(2,3)4)21-13-11-18-8-6-7-9-20(18)28-21/h5-13,16H,1,14-15H2,2-4H3. The third-order valence-corrected chi connectivity index (χ3v) is 6.07. The largest absolute Gasteiger partial charge is 0.514 e. The first-order valence-corrected chi connectivity index (χ1v) is 11.7. The molecule has 0 saturated carbocycles. The second kappa shape index (κ2) is 9.65. The number of benzene rings is 2. The summed E-state index contributed by atoms with van der Waals surface area (Å²) in [5.41, 5.74) is 1.87. The summed E-state index contributed by atoms with van der Waals surface area (Å²) in [4.78, 5) is 29.4. The van der Waals surface area contributed by atoms with Gasteiger partial charge in [-0.3, -0.25) is 0 Å². The zero-order valence-electron chi connectivity index (χ0n) is 19.3. The second-order valence-corrected chi connectivity index (χ2v) is 9.72. The molecule has 2 heterocycles. The molecule has 0 fully saturated rings. The average Bonchev–Trinajstić information content (AvgIpc) is 3.14. The molecule has 0 aliphatic carbocycles. The van der Waals surface area contributed by atoms with Gasteiger partial charge in [0.2, 0.25) is 0 Å². The molecule has 0 atom stereocenters. The van der Waals surface area contributed by atoms with Crippen molar-refractivity contribution in [3.63, 3.8) is 0 Å². The van der Waals surface area contributed by atoms with Gasteiger partial charge < -0.3 is 14.2 Å². The lowest BCUT2D eigenvalue weighted by atomic mass is 10.1. The number of rotatable bonds is 6. The summed E-state index contributed by atoms with van der Waals surface area (Å²) in [5.74, 6) is -0.0309. The molecule has 6 nitrogen and oxygen atoms in total. The number of ether oxygens (including phenoxy) is 3. The number of hydrogen-bond acceptors (Lipinski definition) is 7. The van der Waals surface area contributed by atoms with Crippen LogP contribution in [0.15, 0.2) is 67.3 Å². The number of aromatic nitrogens is 1. The van der Waals surface area contributed by atoms with E-state index in [1.165, 1.54) is 11.3 Å². The summed E-state index contributed by atoms with van der Waals surface area (Å²) >= 11 is 1.48. The molecule has 0 radical (unpaired) electrons. The van der Waals surface area contributed by atoms with E-state index < -0.39 is 17.7 Å². The van der Waals surface area contributed by atoms with Crippen molar-refractivity contribution in [2.24, 2.45) is 0 Å². The lowest BCUT2D eigenvalue weighted by Crippen LogP contribution is -2.26. The number of hydrogen-bond donors (Lipinski definition) is 0. The summed E-state index contributed by atoms with van der Waals surface area (Å²) < 4.78 is 17.2. The molecule has 4 aromatic rings. The van der Waals surface area contributed by atoms with Crippen molar-refractivity contribution in [1.29, 1.82) is 0 Å². The Morgan fingerprint density at radius 3 is 2.65 bits per heavy atom. The highest BCUT2D eigenvalue weighted by atomic mass is 32.1. The molecule has 2 aromatic carbocycles. The molecule has 2 aromatic heterocycles. The summed E-state index contributed by atoms with van der Waals surface area (Å²) in [7, 11) is 0. The number of carbonyl (C=O) groups excluding carboxylic acids is 2. The van der Waals surface area contributed by atoms with E-state index in [9.17, 15) is 9.59 Å². The van der Waals surface area contributed by atoms with Crippen molar-refractivity contribution in [3.05, 3.63) is 72.8 Å². The van der Waals surface area contributed by atoms with E-state index in [4.69, 9.17) is 19.2 Å². The number of carbonyl (C=O) groups is 2. The highest BCUT2D eigenvalue weighted by Gasteiger charge is 2.24. The molecule has 7 heteroatoms. The molecule has 0 amide bonds. The van der Waals surface area contributed by atoms with E-state index in [2.05, 4.69) is 6.58 Å². The van der Waals surface area contributed by atoms with Crippen molar-refractivity contribution in [2.75, 3.05) is 6.61 Å². The molecule has 0 N–H and O–H groups in total. The van der Waals surface area contributed by atoms with Gasteiger partial charge in [0.1, 0.15) is 5.60 Å². The van der Waals surface area contributed by atoms with Crippen molar-refractivity contribution < 1.29 is 23.8 Å². The van der Waals surface area contributed by atoms with Crippen LogP contribution < -0.4 is 4.74 Å².